The van der Waals surface area contributed by atoms with E-state index in [0.29, 0.717) is 18.3 Å². The molecule has 4 heteroatoms. The molecule has 0 radical (unpaired) electrons. The molecule has 3 rings (SSSR count). The fourth-order valence-corrected chi connectivity index (χ4v) is 2.26. The first kappa shape index (κ1) is 13.1. The first-order valence-corrected chi connectivity index (χ1v) is 7.04. The van der Waals surface area contributed by atoms with Gasteiger partial charge in [0.15, 0.2) is 0 Å². The molecule has 1 saturated carbocycles. The molecule has 2 aromatic rings. The van der Waals surface area contributed by atoms with Crippen molar-refractivity contribution in [1.29, 1.82) is 0 Å². The van der Waals surface area contributed by atoms with E-state index in [-0.39, 0.29) is 5.43 Å². The van der Waals surface area contributed by atoms with E-state index in [9.17, 15) is 4.79 Å². The van der Waals surface area contributed by atoms with Gasteiger partial charge in [0.1, 0.15) is 5.69 Å². The van der Waals surface area contributed by atoms with Gasteiger partial charge < -0.3 is 5.32 Å². The van der Waals surface area contributed by atoms with Gasteiger partial charge in [-0.25, -0.2) is 4.68 Å². The average molecular weight is 269 g/mol. The van der Waals surface area contributed by atoms with Crippen LogP contribution in [-0.4, -0.2) is 15.8 Å². The third-order valence-electron chi connectivity index (χ3n) is 3.56. The molecule has 0 atom stereocenters. The van der Waals surface area contributed by atoms with E-state index in [2.05, 4.69) is 29.5 Å². The van der Waals surface area contributed by atoms with Crippen LogP contribution in [0.2, 0.25) is 0 Å². The molecule has 1 aliphatic rings. The summed E-state index contributed by atoms with van der Waals surface area (Å²) in [5, 5.41) is 7.87. The van der Waals surface area contributed by atoms with Crippen LogP contribution in [0, 0.1) is 13.8 Å². The van der Waals surface area contributed by atoms with Crippen LogP contribution in [0.5, 0.6) is 0 Å². The standard InChI is InChI=1S/C16H19N3O/c1-11-4-3-5-14(8-11)19-12(2)9-16(20)15(18-19)10-17-13-6-7-13/h3-5,8-9,13,17H,6-7,10H2,1-2H3. The number of nitrogens with zero attached hydrogens (tertiary/aromatic N) is 2. The highest BCUT2D eigenvalue weighted by atomic mass is 16.1. The zero-order chi connectivity index (χ0) is 14.1. The Balaban J connectivity index is 1.96. The molecule has 0 unspecified atom stereocenters. The molecular formula is C16H19N3O. The Hall–Kier alpha value is -1.94. The van der Waals surface area contributed by atoms with Gasteiger partial charge in [0.05, 0.1) is 5.69 Å². The van der Waals surface area contributed by atoms with Crippen LogP contribution in [-0.2, 0) is 6.54 Å². The molecular weight excluding hydrogens is 250 g/mol. The van der Waals surface area contributed by atoms with Gasteiger partial charge in [0, 0.05) is 24.3 Å². The van der Waals surface area contributed by atoms with Gasteiger partial charge in [-0.1, -0.05) is 12.1 Å². The van der Waals surface area contributed by atoms with Crippen LogP contribution >= 0.6 is 0 Å². The minimum Gasteiger partial charge on any atom is -0.308 e. The lowest BCUT2D eigenvalue weighted by molar-refractivity contribution is 0.642. The van der Waals surface area contributed by atoms with E-state index in [4.69, 9.17) is 0 Å². The highest BCUT2D eigenvalue weighted by molar-refractivity contribution is 5.36. The van der Waals surface area contributed by atoms with Gasteiger partial charge >= 0.3 is 0 Å². The molecule has 104 valence electrons. The van der Waals surface area contributed by atoms with Crippen molar-refractivity contribution in [1.82, 2.24) is 15.1 Å². The molecule has 1 fully saturated rings. The fourth-order valence-electron chi connectivity index (χ4n) is 2.26. The van der Waals surface area contributed by atoms with E-state index in [0.717, 1.165) is 11.4 Å². The van der Waals surface area contributed by atoms with Crippen molar-refractivity contribution in [2.24, 2.45) is 0 Å². The van der Waals surface area contributed by atoms with Crippen molar-refractivity contribution in [3.05, 3.63) is 57.5 Å². The van der Waals surface area contributed by atoms with Gasteiger partial charge in [0.2, 0.25) is 5.43 Å². The number of benzene rings is 1. The molecule has 1 N–H and O–H groups in total. The van der Waals surface area contributed by atoms with E-state index < -0.39 is 0 Å². The summed E-state index contributed by atoms with van der Waals surface area (Å²) in [6.07, 6.45) is 2.41. The Morgan fingerprint density at radius 3 is 2.80 bits per heavy atom. The molecule has 1 aromatic carbocycles. The maximum atomic E-state index is 12.0. The Labute approximate surface area is 118 Å². The maximum absolute atomic E-state index is 12.0. The van der Waals surface area contributed by atoms with Crippen LogP contribution < -0.4 is 10.7 Å². The second kappa shape index (κ2) is 5.21. The topological polar surface area (TPSA) is 46.9 Å². The van der Waals surface area contributed by atoms with Gasteiger partial charge in [-0.2, -0.15) is 5.10 Å². The molecule has 0 amide bonds. The summed E-state index contributed by atoms with van der Waals surface area (Å²) in [4.78, 5) is 12.0. The Kier molecular flexibility index (Phi) is 3.40. The zero-order valence-corrected chi connectivity index (χ0v) is 11.9. The summed E-state index contributed by atoms with van der Waals surface area (Å²) < 4.78 is 1.85. The molecule has 1 aliphatic carbocycles. The van der Waals surface area contributed by atoms with Crippen LogP contribution in [0.1, 0.15) is 29.8 Å². The van der Waals surface area contributed by atoms with E-state index in [1.54, 1.807) is 6.07 Å². The lowest BCUT2D eigenvalue weighted by Gasteiger charge is -2.12. The first-order valence-electron chi connectivity index (χ1n) is 7.04. The van der Waals surface area contributed by atoms with E-state index >= 15 is 0 Å². The number of aryl methyl sites for hydroxylation is 2. The summed E-state index contributed by atoms with van der Waals surface area (Å²) in [6.45, 7) is 4.52. The number of rotatable bonds is 4. The van der Waals surface area contributed by atoms with E-state index in [1.165, 1.54) is 18.4 Å². The lowest BCUT2D eigenvalue weighted by Crippen LogP contribution is -2.25. The predicted molar refractivity (Wildman–Crippen MR) is 79.2 cm³/mol. The van der Waals surface area contributed by atoms with Gasteiger partial charge in [-0.05, 0) is 44.4 Å². The molecule has 0 saturated heterocycles. The van der Waals surface area contributed by atoms with Crippen LogP contribution in [0.4, 0.5) is 0 Å². The molecule has 0 spiro atoms. The van der Waals surface area contributed by atoms with Crippen molar-refractivity contribution in [3.63, 3.8) is 0 Å². The first-order chi connectivity index (χ1) is 9.63. The number of hydrogen-bond donors (Lipinski definition) is 1. The number of hydrogen-bond acceptors (Lipinski definition) is 3. The molecule has 20 heavy (non-hydrogen) atoms. The highest BCUT2D eigenvalue weighted by Crippen LogP contribution is 2.18. The van der Waals surface area contributed by atoms with Crippen LogP contribution in [0.25, 0.3) is 5.69 Å². The predicted octanol–water partition coefficient (Wildman–Crippen LogP) is 2.10. The van der Waals surface area contributed by atoms with Gasteiger partial charge in [-0.15, -0.1) is 0 Å². The van der Waals surface area contributed by atoms with Crippen LogP contribution in [0.3, 0.4) is 0 Å². The summed E-state index contributed by atoms with van der Waals surface area (Å²) in [7, 11) is 0. The maximum Gasteiger partial charge on any atom is 0.204 e. The minimum absolute atomic E-state index is 0.0135. The SMILES string of the molecule is Cc1cccc(-n2nc(CNC3CC3)c(=O)cc2C)c1. The quantitative estimate of drug-likeness (QED) is 0.924. The summed E-state index contributed by atoms with van der Waals surface area (Å²) >= 11 is 0. The average Bonchev–Trinajstić information content (AvgIpc) is 3.22. The van der Waals surface area contributed by atoms with Crippen molar-refractivity contribution in [3.8, 4) is 5.69 Å². The Morgan fingerprint density at radius 2 is 2.10 bits per heavy atom. The third-order valence-corrected chi connectivity index (χ3v) is 3.56. The summed E-state index contributed by atoms with van der Waals surface area (Å²) in [6, 6.07) is 10.4. The normalized spacial score (nSPS) is 14.5. The zero-order valence-electron chi connectivity index (χ0n) is 11.9. The van der Waals surface area contributed by atoms with Crippen LogP contribution in [0.15, 0.2) is 35.1 Å². The molecule has 1 heterocycles. The number of nitrogens with one attached hydrogen (secondary N) is 1. The van der Waals surface area contributed by atoms with Gasteiger partial charge in [-0.3, -0.25) is 4.79 Å². The lowest BCUT2D eigenvalue weighted by atomic mass is 10.2. The molecule has 4 nitrogen and oxygen atoms in total. The Morgan fingerprint density at radius 1 is 1.30 bits per heavy atom. The minimum atomic E-state index is 0.0135. The highest BCUT2D eigenvalue weighted by Gasteiger charge is 2.21. The fraction of sp³-hybridized carbons (Fsp3) is 0.375. The van der Waals surface area contributed by atoms with Crippen molar-refractivity contribution < 1.29 is 0 Å². The third kappa shape index (κ3) is 2.80. The second-order valence-corrected chi connectivity index (χ2v) is 5.50. The molecule has 0 aliphatic heterocycles. The van der Waals surface area contributed by atoms with E-state index in [1.807, 2.05) is 23.7 Å². The largest absolute Gasteiger partial charge is 0.308 e. The summed E-state index contributed by atoms with van der Waals surface area (Å²) in [5.41, 5.74) is 3.63. The Bertz CT molecular complexity index is 686. The molecule has 0 bridgehead atoms. The van der Waals surface area contributed by atoms with Crippen molar-refractivity contribution in [2.75, 3.05) is 0 Å². The van der Waals surface area contributed by atoms with Crippen molar-refractivity contribution in [2.45, 2.75) is 39.3 Å². The monoisotopic (exact) mass is 269 g/mol. The summed E-state index contributed by atoms with van der Waals surface area (Å²) in [5.74, 6) is 0. The van der Waals surface area contributed by atoms with Crippen molar-refractivity contribution >= 4 is 0 Å². The second-order valence-electron chi connectivity index (χ2n) is 5.50. The number of aromatic nitrogens is 2. The van der Waals surface area contributed by atoms with Gasteiger partial charge in [0.25, 0.3) is 0 Å². The molecule has 1 aromatic heterocycles. The smallest absolute Gasteiger partial charge is 0.204 e.